The van der Waals surface area contributed by atoms with E-state index in [2.05, 4.69) is 39.9 Å². The van der Waals surface area contributed by atoms with Crippen molar-refractivity contribution in [2.75, 3.05) is 13.1 Å². The minimum absolute atomic E-state index is 0.216. The van der Waals surface area contributed by atoms with Gasteiger partial charge in [0.05, 0.1) is 5.01 Å². The Hall–Kier alpha value is -1.23. The Morgan fingerprint density at radius 3 is 2.75 bits per heavy atom. The van der Waals surface area contributed by atoms with Crippen LogP contribution in [0.2, 0.25) is 0 Å². The monoisotopic (exact) mass is 289 g/mol. The molecule has 4 heteroatoms. The molecule has 0 fully saturated rings. The number of nitrogens with two attached hydrogens (primary N) is 1. The van der Waals surface area contributed by atoms with Crippen molar-refractivity contribution in [2.45, 2.75) is 32.2 Å². The number of hydrogen-bond acceptors (Lipinski definition) is 4. The predicted octanol–water partition coefficient (Wildman–Crippen LogP) is 2.54. The Kier molecular flexibility index (Phi) is 6.18. The van der Waals surface area contributed by atoms with Crippen molar-refractivity contribution < 1.29 is 0 Å². The molecule has 1 atom stereocenters. The van der Waals surface area contributed by atoms with Crippen LogP contribution in [0.25, 0.3) is 0 Å². The number of aryl methyl sites for hydroxylation is 2. The summed E-state index contributed by atoms with van der Waals surface area (Å²) in [6.07, 6.45) is 3.06. The lowest BCUT2D eigenvalue weighted by Gasteiger charge is -2.12. The third kappa shape index (κ3) is 5.41. The maximum absolute atomic E-state index is 6.13. The van der Waals surface area contributed by atoms with Gasteiger partial charge in [-0.3, -0.25) is 0 Å². The number of nitrogens with one attached hydrogen (secondary N) is 1. The fourth-order valence-electron chi connectivity index (χ4n) is 2.10. The first-order chi connectivity index (χ1) is 9.74. The van der Waals surface area contributed by atoms with E-state index >= 15 is 0 Å². The molecule has 1 heterocycles. The normalized spacial score (nSPS) is 12.5. The maximum atomic E-state index is 6.13. The maximum Gasteiger partial charge on any atom is 0.0940 e. The molecular weight excluding hydrogens is 266 g/mol. The van der Waals surface area contributed by atoms with Crippen LogP contribution in [0.15, 0.2) is 35.7 Å². The van der Waals surface area contributed by atoms with Crippen molar-refractivity contribution in [3.05, 3.63) is 52.0 Å². The topological polar surface area (TPSA) is 50.9 Å². The summed E-state index contributed by atoms with van der Waals surface area (Å²) in [6, 6.07) is 10.7. The molecule has 0 bridgehead atoms. The first kappa shape index (κ1) is 15.2. The molecule has 2 aromatic rings. The summed E-state index contributed by atoms with van der Waals surface area (Å²) in [5, 5.41) is 6.72. The van der Waals surface area contributed by atoms with Gasteiger partial charge in [0, 0.05) is 36.6 Å². The van der Waals surface area contributed by atoms with Gasteiger partial charge in [0.2, 0.25) is 0 Å². The molecule has 0 aliphatic rings. The van der Waals surface area contributed by atoms with Crippen molar-refractivity contribution in [3.8, 4) is 0 Å². The molecule has 1 unspecified atom stereocenters. The molecule has 108 valence electrons. The molecule has 0 amide bonds. The van der Waals surface area contributed by atoms with Crippen molar-refractivity contribution >= 4 is 11.3 Å². The van der Waals surface area contributed by atoms with E-state index in [9.17, 15) is 0 Å². The minimum atomic E-state index is 0.216. The lowest BCUT2D eigenvalue weighted by molar-refractivity contribution is 0.545. The molecule has 1 aromatic carbocycles. The molecular formula is C16H23N3S. The van der Waals surface area contributed by atoms with Gasteiger partial charge in [-0.25, -0.2) is 4.98 Å². The molecule has 0 aliphatic carbocycles. The number of nitrogens with zero attached hydrogens (tertiary/aromatic N) is 1. The van der Waals surface area contributed by atoms with Gasteiger partial charge in [-0.2, -0.15) is 0 Å². The summed E-state index contributed by atoms with van der Waals surface area (Å²) in [5.41, 5.74) is 8.61. The zero-order valence-electron chi connectivity index (χ0n) is 12.0. The lowest BCUT2D eigenvalue weighted by atomic mass is 10.1. The van der Waals surface area contributed by atoms with E-state index in [0.717, 1.165) is 38.0 Å². The van der Waals surface area contributed by atoms with Crippen LogP contribution in [0, 0.1) is 6.92 Å². The minimum Gasteiger partial charge on any atom is -0.327 e. The molecule has 3 nitrogen and oxygen atoms in total. The highest BCUT2D eigenvalue weighted by molar-refractivity contribution is 7.09. The molecule has 20 heavy (non-hydrogen) atoms. The third-order valence-electron chi connectivity index (χ3n) is 3.24. The van der Waals surface area contributed by atoms with Crippen molar-refractivity contribution in [2.24, 2.45) is 5.73 Å². The Labute approximate surface area is 125 Å². The second-order valence-corrected chi connectivity index (χ2v) is 6.06. The van der Waals surface area contributed by atoms with E-state index in [1.165, 1.54) is 10.6 Å². The smallest absolute Gasteiger partial charge is 0.0940 e. The van der Waals surface area contributed by atoms with Crippen molar-refractivity contribution in [3.63, 3.8) is 0 Å². The van der Waals surface area contributed by atoms with Crippen LogP contribution < -0.4 is 11.1 Å². The van der Waals surface area contributed by atoms with Gasteiger partial charge in [-0.05, 0) is 25.3 Å². The van der Waals surface area contributed by atoms with E-state index in [4.69, 9.17) is 5.73 Å². The molecule has 0 radical (unpaired) electrons. The highest BCUT2D eigenvalue weighted by Crippen LogP contribution is 2.08. The van der Waals surface area contributed by atoms with Crippen molar-refractivity contribution in [1.82, 2.24) is 10.3 Å². The van der Waals surface area contributed by atoms with E-state index in [0.29, 0.717) is 0 Å². The summed E-state index contributed by atoms with van der Waals surface area (Å²) >= 11 is 1.73. The first-order valence-electron chi connectivity index (χ1n) is 7.15. The largest absolute Gasteiger partial charge is 0.327 e. The zero-order chi connectivity index (χ0) is 14.2. The first-order valence-corrected chi connectivity index (χ1v) is 8.03. The Bertz CT molecular complexity index is 495. The fourth-order valence-corrected chi connectivity index (χ4v) is 2.88. The Morgan fingerprint density at radius 2 is 2.05 bits per heavy atom. The summed E-state index contributed by atoms with van der Waals surface area (Å²) < 4.78 is 0. The van der Waals surface area contributed by atoms with Gasteiger partial charge in [-0.15, -0.1) is 11.3 Å². The molecule has 0 spiro atoms. The summed E-state index contributed by atoms with van der Waals surface area (Å²) in [5.74, 6) is 0. The highest BCUT2D eigenvalue weighted by Gasteiger charge is 2.03. The van der Waals surface area contributed by atoms with Gasteiger partial charge in [-0.1, -0.05) is 30.3 Å². The van der Waals surface area contributed by atoms with Gasteiger partial charge >= 0.3 is 0 Å². The van der Waals surface area contributed by atoms with E-state index in [-0.39, 0.29) is 6.04 Å². The fraction of sp³-hybridized carbons (Fsp3) is 0.438. The number of thiazole rings is 1. The molecule has 1 aromatic heterocycles. The molecule has 0 saturated carbocycles. The summed E-state index contributed by atoms with van der Waals surface area (Å²) in [4.78, 5) is 4.45. The molecule has 2 rings (SSSR count). The number of aromatic nitrogens is 1. The van der Waals surface area contributed by atoms with Crippen molar-refractivity contribution in [1.29, 1.82) is 0 Å². The molecule has 0 aliphatic heterocycles. The summed E-state index contributed by atoms with van der Waals surface area (Å²) in [6.45, 7) is 3.86. The molecule has 3 N–H and O–H groups in total. The molecule has 0 saturated heterocycles. The Morgan fingerprint density at radius 1 is 1.25 bits per heavy atom. The lowest BCUT2D eigenvalue weighted by Crippen LogP contribution is -2.35. The van der Waals surface area contributed by atoms with Crippen LogP contribution >= 0.6 is 11.3 Å². The van der Waals surface area contributed by atoms with Crippen LogP contribution in [-0.4, -0.2) is 24.1 Å². The van der Waals surface area contributed by atoms with Gasteiger partial charge in [0.25, 0.3) is 0 Å². The third-order valence-corrected chi connectivity index (χ3v) is 4.26. The summed E-state index contributed by atoms with van der Waals surface area (Å²) in [7, 11) is 0. The van der Waals surface area contributed by atoms with Gasteiger partial charge < -0.3 is 11.1 Å². The number of benzene rings is 1. The van der Waals surface area contributed by atoms with Crippen LogP contribution in [0.1, 0.15) is 22.7 Å². The standard InChI is InChI=1S/C16H23N3S/c1-13-12-20-16(19-13)9-10-18-11-15(17)8-7-14-5-3-2-4-6-14/h2-6,12,15,18H,7-11,17H2,1H3. The van der Waals surface area contributed by atoms with Gasteiger partial charge in [0.15, 0.2) is 0 Å². The SMILES string of the molecule is Cc1csc(CCNCC(N)CCc2ccccc2)n1. The Balaban J connectivity index is 1.57. The zero-order valence-corrected chi connectivity index (χ0v) is 12.8. The highest BCUT2D eigenvalue weighted by atomic mass is 32.1. The van der Waals surface area contributed by atoms with Crippen LogP contribution in [0.4, 0.5) is 0 Å². The van der Waals surface area contributed by atoms with Crippen LogP contribution in [0.5, 0.6) is 0 Å². The number of rotatable bonds is 8. The quantitative estimate of drug-likeness (QED) is 0.734. The second kappa shape index (κ2) is 8.15. The van der Waals surface area contributed by atoms with E-state index in [1.54, 1.807) is 11.3 Å². The second-order valence-electron chi connectivity index (χ2n) is 5.12. The number of hydrogen-bond donors (Lipinski definition) is 2. The predicted molar refractivity (Wildman–Crippen MR) is 86.2 cm³/mol. The van der Waals surface area contributed by atoms with Gasteiger partial charge in [0.1, 0.15) is 0 Å². The average Bonchev–Trinajstić information content (AvgIpc) is 2.88. The van der Waals surface area contributed by atoms with Crippen LogP contribution in [-0.2, 0) is 12.8 Å². The van der Waals surface area contributed by atoms with E-state index < -0.39 is 0 Å². The average molecular weight is 289 g/mol. The van der Waals surface area contributed by atoms with E-state index in [1.807, 2.05) is 13.0 Å². The van der Waals surface area contributed by atoms with Crippen LogP contribution in [0.3, 0.4) is 0 Å².